The molecule has 60 heavy (non-hydrogen) atoms. The van der Waals surface area contributed by atoms with Gasteiger partial charge in [0.15, 0.2) is 0 Å². The van der Waals surface area contributed by atoms with Gasteiger partial charge in [-0.3, -0.25) is 0 Å². The molecule has 1 fully saturated rings. The minimum atomic E-state index is -0.145. The second kappa shape index (κ2) is 13.5. The Morgan fingerprint density at radius 3 is 1.82 bits per heavy atom. The zero-order valence-electron chi connectivity index (χ0n) is 36.2. The summed E-state index contributed by atoms with van der Waals surface area (Å²) in [5.41, 5.74) is 20.0. The fourth-order valence-corrected chi connectivity index (χ4v) is 12.9. The van der Waals surface area contributed by atoms with E-state index in [1.807, 2.05) is 11.3 Å². The Labute approximate surface area is 360 Å². The smallest absolute Gasteiger partial charge is 0.0540 e. The first kappa shape index (κ1) is 37.6. The van der Waals surface area contributed by atoms with Crippen LogP contribution >= 0.6 is 11.3 Å². The van der Waals surface area contributed by atoms with Crippen LogP contribution in [-0.4, -0.2) is 0 Å². The summed E-state index contributed by atoms with van der Waals surface area (Å²) < 4.78 is 2.87. The van der Waals surface area contributed by atoms with Crippen LogP contribution in [0.4, 0.5) is 17.1 Å². The predicted molar refractivity (Wildman–Crippen MR) is 259 cm³/mol. The fraction of sp³-hybridized carbons (Fsp3) is 0.276. The number of rotatable bonds is 5. The molecular formula is C58H55NS. The topological polar surface area (TPSA) is 3.24 Å². The quantitative estimate of drug-likeness (QED) is 0.168. The van der Waals surface area contributed by atoms with Crippen LogP contribution in [0.1, 0.15) is 120 Å². The van der Waals surface area contributed by atoms with E-state index in [1.54, 1.807) is 5.56 Å². The second-order valence-corrected chi connectivity index (χ2v) is 20.9. The molecule has 0 N–H and O–H groups in total. The number of para-hydroxylation sites is 1. The van der Waals surface area contributed by atoms with Gasteiger partial charge in [-0.25, -0.2) is 0 Å². The third-order valence-corrected chi connectivity index (χ3v) is 15.9. The molecule has 1 aromatic heterocycles. The highest BCUT2D eigenvalue weighted by molar-refractivity contribution is 7.26. The molecular weight excluding hydrogens is 743 g/mol. The lowest BCUT2D eigenvalue weighted by atomic mass is 9.79. The molecule has 1 heterocycles. The van der Waals surface area contributed by atoms with E-state index in [9.17, 15) is 0 Å². The van der Waals surface area contributed by atoms with Crippen molar-refractivity contribution in [3.05, 3.63) is 173 Å². The van der Waals surface area contributed by atoms with Crippen molar-refractivity contribution in [3.63, 3.8) is 0 Å². The Hall–Kier alpha value is -5.44. The molecule has 8 aromatic rings. The number of fused-ring (bicyclic) bond motifs is 9. The maximum atomic E-state index is 2.57. The molecule has 0 aliphatic heterocycles. The van der Waals surface area contributed by atoms with Gasteiger partial charge < -0.3 is 4.90 Å². The van der Waals surface area contributed by atoms with Crippen LogP contribution in [0.3, 0.4) is 0 Å². The third-order valence-electron chi connectivity index (χ3n) is 14.6. The van der Waals surface area contributed by atoms with Crippen molar-refractivity contribution in [1.82, 2.24) is 0 Å². The van der Waals surface area contributed by atoms with Gasteiger partial charge in [-0.1, -0.05) is 177 Å². The van der Waals surface area contributed by atoms with Crippen molar-refractivity contribution in [2.75, 3.05) is 4.90 Å². The Morgan fingerprint density at radius 2 is 1.07 bits per heavy atom. The summed E-state index contributed by atoms with van der Waals surface area (Å²) in [5.74, 6) is 0.659. The molecule has 0 amide bonds. The van der Waals surface area contributed by atoms with Gasteiger partial charge >= 0.3 is 0 Å². The number of nitrogens with zero attached hydrogens (tertiary/aromatic N) is 1. The van der Waals surface area contributed by atoms with E-state index >= 15 is 0 Å². The van der Waals surface area contributed by atoms with Gasteiger partial charge in [-0.2, -0.15) is 0 Å². The van der Waals surface area contributed by atoms with Crippen molar-refractivity contribution in [2.45, 2.75) is 103 Å². The lowest BCUT2D eigenvalue weighted by Crippen LogP contribution is -2.18. The lowest BCUT2D eigenvalue weighted by molar-refractivity contribution is 0.446. The van der Waals surface area contributed by atoms with Gasteiger partial charge in [0.1, 0.15) is 0 Å². The van der Waals surface area contributed by atoms with Gasteiger partial charge in [0.2, 0.25) is 0 Å². The summed E-state index contributed by atoms with van der Waals surface area (Å²) in [7, 11) is 0. The molecule has 3 aliphatic carbocycles. The molecule has 3 aliphatic rings. The Kier molecular flexibility index (Phi) is 8.47. The standard InChI is InChI=1S/C58H55NS/c1-56(2,3)48-27-17-28-49-53(48)46-33-31-38(35-51(46)58(49,6)7)59(37-30-32-41-40-20-11-13-26-47(40)57(4,5)50(41)34-37)52-29-14-12-21-42(52)43-23-16-25-45-44-24-15-22-39(54(44)60-55(43)45)36-18-9-8-10-19-36/h11-17,20-36H,8-10,18-19H2,1-7H3. The summed E-state index contributed by atoms with van der Waals surface area (Å²) in [6, 6.07) is 53.8. The SMILES string of the molecule is CC(C)(C)c1cccc2c1-c1ccc(N(c3ccc4c(c3)C(C)(C)c3ccccc3-4)c3ccccc3-c3cccc4c3sc3c(C5CCCCC5)cccc34)cc1C2(C)C. The molecule has 0 unspecified atom stereocenters. The molecule has 298 valence electrons. The van der Waals surface area contributed by atoms with Crippen LogP contribution in [0.5, 0.6) is 0 Å². The number of hydrogen-bond acceptors (Lipinski definition) is 2. The summed E-state index contributed by atoms with van der Waals surface area (Å²) >= 11 is 2.02. The van der Waals surface area contributed by atoms with Gasteiger partial charge in [0, 0.05) is 53.5 Å². The average molecular weight is 798 g/mol. The highest BCUT2D eigenvalue weighted by Gasteiger charge is 2.40. The number of anilines is 3. The number of thiophene rings is 1. The van der Waals surface area contributed by atoms with Crippen molar-refractivity contribution in [1.29, 1.82) is 0 Å². The summed E-state index contributed by atoms with van der Waals surface area (Å²) in [6.07, 6.45) is 6.67. The molecule has 7 aromatic carbocycles. The summed E-state index contributed by atoms with van der Waals surface area (Å²) in [4.78, 5) is 2.57. The first-order valence-electron chi connectivity index (χ1n) is 22.3. The molecule has 0 spiro atoms. The first-order chi connectivity index (χ1) is 28.9. The van der Waals surface area contributed by atoms with Gasteiger partial charge in [-0.15, -0.1) is 11.3 Å². The van der Waals surface area contributed by atoms with E-state index in [1.165, 1.54) is 131 Å². The predicted octanol–water partition coefficient (Wildman–Crippen LogP) is 17.1. The molecule has 0 radical (unpaired) electrons. The minimum Gasteiger partial charge on any atom is -0.310 e. The zero-order chi connectivity index (χ0) is 41.1. The summed E-state index contributed by atoms with van der Waals surface area (Å²) in [5, 5.41) is 2.78. The maximum Gasteiger partial charge on any atom is 0.0540 e. The van der Waals surface area contributed by atoms with Crippen LogP contribution in [0, 0.1) is 0 Å². The largest absolute Gasteiger partial charge is 0.310 e. The fourth-order valence-electron chi connectivity index (χ4n) is 11.5. The van der Waals surface area contributed by atoms with Crippen LogP contribution in [0.2, 0.25) is 0 Å². The molecule has 0 bridgehead atoms. The molecule has 0 saturated heterocycles. The maximum absolute atomic E-state index is 2.57. The molecule has 0 atom stereocenters. The van der Waals surface area contributed by atoms with Crippen LogP contribution < -0.4 is 4.90 Å². The highest BCUT2D eigenvalue weighted by Crippen LogP contribution is 2.56. The average Bonchev–Trinajstić information content (AvgIpc) is 3.84. The van der Waals surface area contributed by atoms with E-state index in [2.05, 4.69) is 193 Å². The molecule has 1 nitrogen and oxygen atoms in total. The van der Waals surface area contributed by atoms with Crippen LogP contribution in [0.15, 0.2) is 140 Å². The number of hydrogen-bond donors (Lipinski definition) is 0. The third kappa shape index (κ3) is 5.56. The van der Waals surface area contributed by atoms with Crippen molar-refractivity contribution < 1.29 is 0 Å². The van der Waals surface area contributed by atoms with Crippen molar-refractivity contribution in [3.8, 4) is 33.4 Å². The van der Waals surface area contributed by atoms with Crippen molar-refractivity contribution >= 4 is 48.6 Å². The molecule has 11 rings (SSSR count). The van der Waals surface area contributed by atoms with Gasteiger partial charge in [0.05, 0.1) is 5.69 Å². The zero-order valence-corrected chi connectivity index (χ0v) is 37.1. The van der Waals surface area contributed by atoms with Gasteiger partial charge in [-0.05, 0) is 110 Å². The van der Waals surface area contributed by atoms with Crippen LogP contribution in [-0.2, 0) is 16.2 Å². The van der Waals surface area contributed by atoms with Gasteiger partial charge in [0.25, 0.3) is 0 Å². The molecule has 1 saturated carbocycles. The normalized spacial score (nSPS) is 16.4. The lowest BCUT2D eigenvalue weighted by Gasteiger charge is -2.31. The van der Waals surface area contributed by atoms with Crippen molar-refractivity contribution in [2.24, 2.45) is 0 Å². The Morgan fingerprint density at radius 1 is 0.500 bits per heavy atom. The first-order valence-corrected chi connectivity index (χ1v) is 23.1. The van der Waals surface area contributed by atoms with E-state index in [0.29, 0.717) is 5.92 Å². The van der Waals surface area contributed by atoms with E-state index in [4.69, 9.17) is 0 Å². The second-order valence-electron chi connectivity index (χ2n) is 19.9. The molecule has 2 heteroatoms. The Balaban J connectivity index is 1.14. The van der Waals surface area contributed by atoms with E-state index < -0.39 is 0 Å². The highest BCUT2D eigenvalue weighted by atomic mass is 32.1. The summed E-state index contributed by atoms with van der Waals surface area (Å²) in [6.45, 7) is 16.7. The van der Waals surface area contributed by atoms with E-state index in [-0.39, 0.29) is 16.2 Å². The monoisotopic (exact) mass is 797 g/mol. The van der Waals surface area contributed by atoms with E-state index in [0.717, 1.165) is 0 Å². The van der Waals surface area contributed by atoms with Crippen LogP contribution in [0.25, 0.3) is 53.6 Å². The minimum absolute atomic E-state index is 0.0340. The Bertz CT molecular complexity index is 3010. The number of benzene rings is 7.